The van der Waals surface area contributed by atoms with E-state index in [1.807, 2.05) is 0 Å². The third-order valence-corrected chi connectivity index (χ3v) is 7.13. The second-order valence-corrected chi connectivity index (χ2v) is 11.3. The summed E-state index contributed by atoms with van der Waals surface area (Å²) in [6.45, 7) is 0. The molecule has 0 amide bonds. The Labute approximate surface area is 174 Å². The quantitative estimate of drug-likeness (QED) is 0.156. The summed E-state index contributed by atoms with van der Waals surface area (Å²) in [5, 5.41) is 29.1. The molecule has 172 valence electrons. The molecule has 31 heavy (non-hydrogen) atoms. The third kappa shape index (κ3) is 5.15. The summed E-state index contributed by atoms with van der Waals surface area (Å²) < 4.78 is 124. The molecule has 0 saturated carbocycles. The van der Waals surface area contributed by atoms with Gasteiger partial charge in [-0.25, -0.2) is 0 Å². The summed E-state index contributed by atoms with van der Waals surface area (Å²) in [6, 6.07) is 0.504. The predicted molar refractivity (Wildman–Crippen MR) is 95.1 cm³/mol. The molecular weight excluding hydrogens is 512 g/mol. The molecule has 0 spiro atoms. The molecular formula is C12H10O15S4. The van der Waals surface area contributed by atoms with Crippen LogP contribution in [0.2, 0.25) is 0 Å². The van der Waals surface area contributed by atoms with Gasteiger partial charge < -0.3 is 19.5 Å². The normalized spacial score (nSPS) is 13.1. The summed E-state index contributed by atoms with van der Waals surface area (Å²) in [4.78, 5) is -5.75. The van der Waals surface area contributed by atoms with Crippen LogP contribution in [0.3, 0.4) is 0 Å². The van der Waals surface area contributed by atoms with E-state index in [4.69, 9.17) is 9.11 Å². The first-order chi connectivity index (χ1) is 13.7. The lowest BCUT2D eigenvalue weighted by Crippen LogP contribution is -2.14. The second kappa shape index (κ2) is 7.47. The average Bonchev–Trinajstić information content (AvgIpc) is 2.55. The largest absolute Gasteiger partial charge is 0.504 e. The van der Waals surface area contributed by atoms with Crippen LogP contribution in [0.15, 0.2) is 43.8 Å². The van der Waals surface area contributed by atoms with E-state index in [1.165, 1.54) is 0 Å². The number of aromatic hydroxyl groups is 3. The van der Waals surface area contributed by atoms with Crippen LogP contribution in [0.1, 0.15) is 0 Å². The van der Waals surface area contributed by atoms with Gasteiger partial charge in [-0.3, -0.25) is 13.7 Å². The Morgan fingerprint density at radius 3 is 1.42 bits per heavy atom. The van der Waals surface area contributed by atoms with Crippen LogP contribution in [0.25, 0.3) is 0 Å². The van der Waals surface area contributed by atoms with Crippen LogP contribution in [0.4, 0.5) is 0 Å². The average molecular weight is 522 g/mol. The Balaban J connectivity index is 2.81. The minimum absolute atomic E-state index is 0.0151. The smallest absolute Gasteiger partial charge is 0.343 e. The van der Waals surface area contributed by atoms with Crippen molar-refractivity contribution in [1.82, 2.24) is 0 Å². The van der Waals surface area contributed by atoms with Crippen molar-refractivity contribution in [3.05, 3.63) is 24.3 Å². The summed E-state index contributed by atoms with van der Waals surface area (Å²) in [7, 11) is -21.3. The van der Waals surface area contributed by atoms with Gasteiger partial charge in [0.25, 0.3) is 30.4 Å². The van der Waals surface area contributed by atoms with Crippen molar-refractivity contribution in [2.45, 2.75) is 19.6 Å². The van der Waals surface area contributed by atoms with Gasteiger partial charge in [-0.05, 0) is 12.1 Å². The van der Waals surface area contributed by atoms with Crippen molar-refractivity contribution in [2.75, 3.05) is 0 Å². The van der Waals surface area contributed by atoms with Crippen LogP contribution in [0.5, 0.6) is 23.0 Å². The van der Waals surface area contributed by atoms with E-state index in [0.717, 1.165) is 0 Å². The summed E-state index contributed by atoms with van der Waals surface area (Å²) >= 11 is 0. The van der Waals surface area contributed by atoms with E-state index in [9.17, 15) is 53.5 Å². The van der Waals surface area contributed by atoms with Gasteiger partial charge in [-0.2, -0.15) is 33.7 Å². The molecule has 15 nitrogen and oxygen atoms in total. The van der Waals surface area contributed by atoms with Crippen molar-refractivity contribution in [2.24, 2.45) is 0 Å². The second-order valence-electron chi connectivity index (χ2n) is 5.52. The summed E-state index contributed by atoms with van der Waals surface area (Å²) in [5.74, 6) is -6.07. The Bertz CT molecular complexity index is 1500. The molecule has 0 aliphatic heterocycles. The Hall–Kier alpha value is -2.68. The van der Waals surface area contributed by atoms with E-state index in [0.29, 0.717) is 0 Å². The molecule has 19 heteroatoms. The zero-order valence-corrected chi connectivity index (χ0v) is 17.6. The van der Waals surface area contributed by atoms with Crippen molar-refractivity contribution in [1.29, 1.82) is 0 Å². The highest BCUT2D eigenvalue weighted by atomic mass is 32.2. The maximum atomic E-state index is 12.4. The molecule has 0 aromatic heterocycles. The number of rotatable bonds is 6. The zero-order valence-electron chi connectivity index (χ0n) is 14.3. The molecule has 0 atom stereocenters. The number of benzene rings is 2. The van der Waals surface area contributed by atoms with Crippen LogP contribution in [-0.4, -0.2) is 62.6 Å². The topological polar surface area (TPSA) is 267 Å². The zero-order chi connectivity index (χ0) is 24.2. The van der Waals surface area contributed by atoms with Gasteiger partial charge in [0.05, 0.1) is 9.79 Å². The van der Waals surface area contributed by atoms with Gasteiger partial charge >= 0.3 is 10.1 Å². The van der Waals surface area contributed by atoms with Crippen molar-refractivity contribution in [3.63, 3.8) is 0 Å². The third-order valence-electron chi connectivity index (χ3n) is 3.37. The van der Waals surface area contributed by atoms with Crippen molar-refractivity contribution >= 4 is 40.5 Å². The highest BCUT2D eigenvalue weighted by Crippen LogP contribution is 2.41. The molecule has 0 bridgehead atoms. The van der Waals surface area contributed by atoms with Crippen LogP contribution in [0, 0.1) is 0 Å². The Kier molecular flexibility index (Phi) is 5.93. The maximum Gasteiger partial charge on any atom is 0.343 e. The monoisotopic (exact) mass is 522 g/mol. The van der Waals surface area contributed by atoms with Gasteiger partial charge in [0.2, 0.25) is 5.75 Å². The van der Waals surface area contributed by atoms with E-state index in [1.54, 1.807) is 0 Å². The number of phenols is 3. The summed E-state index contributed by atoms with van der Waals surface area (Å²) in [6.07, 6.45) is 0. The molecule has 6 N–H and O–H groups in total. The minimum Gasteiger partial charge on any atom is -0.504 e. The van der Waals surface area contributed by atoms with Gasteiger partial charge in [0.1, 0.15) is 4.90 Å². The van der Waals surface area contributed by atoms with E-state index >= 15 is 0 Å². The molecule has 2 aromatic carbocycles. The Morgan fingerprint density at radius 1 is 0.581 bits per heavy atom. The molecule has 2 rings (SSSR count). The molecule has 0 aliphatic carbocycles. The van der Waals surface area contributed by atoms with Crippen LogP contribution < -0.4 is 4.18 Å². The first kappa shape index (κ1) is 24.6. The first-order valence-corrected chi connectivity index (χ1v) is 12.8. The van der Waals surface area contributed by atoms with E-state index < -0.39 is 83.1 Å². The van der Waals surface area contributed by atoms with Crippen molar-refractivity contribution in [3.8, 4) is 23.0 Å². The number of phenolic OH excluding ortho intramolecular Hbond substituents is 3. The lowest BCUT2D eigenvalue weighted by molar-refractivity contribution is 0.383. The highest BCUT2D eigenvalue weighted by molar-refractivity contribution is 7.88. The van der Waals surface area contributed by atoms with E-state index in [-0.39, 0.29) is 24.3 Å². The van der Waals surface area contributed by atoms with Crippen molar-refractivity contribution < 1.29 is 66.8 Å². The van der Waals surface area contributed by atoms with Gasteiger partial charge in [-0.15, -0.1) is 0 Å². The predicted octanol–water partition coefficient (Wildman–Crippen LogP) is -0.689. The van der Waals surface area contributed by atoms with Gasteiger partial charge in [-0.1, -0.05) is 0 Å². The maximum absolute atomic E-state index is 12.4. The van der Waals surface area contributed by atoms with Gasteiger partial charge in [0, 0.05) is 12.1 Å². The number of hydrogen-bond acceptors (Lipinski definition) is 12. The van der Waals surface area contributed by atoms with E-state index in [2.05, 4.69) is 4.18 Å². The molecule has 0 heterocycles. The fourth-order valence-corrected chi connectivity index (χ4v) is 5.06. The fraction of sp³-hybridized carbons (Fsp3) is 0. The van der Waals surface area contributed by atoms with Gasteiger partial charge in [0.15, 0.2) is 22.1 Å². The minimum atomic E-state index is -5.54. The number of hydrogen-bond donors (Lipinski definition) is 6. The molecule has 0 aliphatic rings. The van der Waals surface area contributed by atoms with Crippen LogP contribution in [-0.2, 0) is 40.5 Å². The SMILES string of the molecule is O=S(=O)(O)c1cc(O)c(OS(=O)(=O)c2cc(S(=O)(=O)O)cc(O)c2O)c(S(=O)(=O)O)c1. The molecule has 0 saturated heterocycles. The molecule has 2 aromatic rings. The standard InChI is InChI=1S/C12H10O15S4/c13-7-1-5(28(16,17)18)3-9(11(7)15)31(25,26)27-12-8(14)2-6(29(19,20)21)4-10(12)30(22,23)24/h1-4,13-15H,(H,16,17,18)(H,19,20,21)(H,22,23,24). The lowest BCUT2D eigenvalue weighted by atomic mass is 10.3. The molecule has 0 radical (unpaired) electrons. The summed E-state index contributed by atoms with van der Waals surface area (Å²) in [5.41, 5.74) is 0. The highest BCUT2D eigenvalue weighted by Gasteiger charge is 2.32. The molecule has 0 fully saturated rings. The Morgan fingerprint density at radius 2 is 1.00 bits per heavy atom. The fourth-order valence-electron chi connectivity index (χ4n) is 2.05. The lowest BCUT2D eigenvalue weighted by Gasteiger charge is -2.14. The molecule has 0 unspecified atom stereocenters. The van der Waals surface area contributed by atoms with Crippen LogP contribution >= 0.6 is 0 Å². The first-order valence-electron chi connectivity index (χ1n) is 7.05.